The Labute approximate surface area is 129 Å². The molecule has 2 N–H and O–H groups in total. The van der Waals surface area contributed by atoms with E-state index in [2.05, 4.69) is 11.8 Å². The first-order valence-electron chi connectivity index (χ1n) is 8.35. The molecule has 0 aromatic carbocycles. The van der Waals surface area contributed by atoms with Gasteiger partial charge in [0.1, 0.15) is 0 Å². The smallest absolute Gasteiger partial charge is 0.211 e. The largest absolute Gasteiger partial charge is 0.328 e. The van der Waals surface area contributed by atoms with Gasteiger partial charge in [-0.05, 0) is 51.0 Å². The lowest BCUT2D eigenvalue weighted by molar-refractivity contribution is 0.115. The number of piperidine rings is 1. The number of hydrogen-bond donors (Lipinski definition) is 1. The molecule has 2 fully saturated rings. The van der Waals surface area contributed by atoms with Crippen molar-refractivity contribution in [3.8, 4) is 0 Å². The van der Waals surface area contributed by atoms with Gasteiger partial charge in [0.25, 0.3) is 0 Å². The summed E-state index contributed by atoms with van der Waals surface area (Å²) in [6.07, 6.45) is 8.10. The van der Waals surface area contributed by atoms with Crippen LogP contribution in [0, 0.1) is 5.92 Å². The maximum atomic E-state index is 11.7. The van der Waals surface area contributed by atoms with Crippen molar-refractivity contribution in [2.24, 2.45) is 11.7 Å². The number of rotatable bonds is 5. The van der Waals surface area contributed by atoms with E-state index in [0.717, 1.165) is 38.8 Å². The first kappa shape index (κ1) is 17.2. The molecule has 0 bridgehead atoms. The summed E-state index contributed by atoms with van der Waals surface area (Å²) >= 11 is 0. The highest BCUT2D eigenvalue weighted by Gasteiger charge is 2.29. The van der Waals surface area contributed by atoms with Gasteiger partial charge in [0.2, 0.25) is 10.0 Å². The minimum absolute atomic E-state index is 0.385. The number of nitrogens with zero attached hydrogens (tertiary/aromatic N) is 2. The fourth-order valence-electron chi connectivity index (χ4n) is 3.81. The molecule has 1 heterocycles. The quantitative estimate of drug-likeness (QED) is 0.829. The summed E-state index contributed by atoms with van der Waals surface area (Å²) in [7, 11) is -3.04. The summed E-state index contributed by atoms with van der Waals surface area (Å²) in [6.45, 7) is 5.69. The number of sulfonamides is 1. The summed E-state index contributed by atoms with van der Waals surface area (Å²) in [5, 5.41) is 0. The van der Waals surface area contributed by atoms with Crippen LogP contribution < -0.4 is 5.73 Å². The Morgan fingerprint density at radius 1 is 1.19 bits per heavy atom. The molecule has 2 rings (SSSR count). The molecule has 0 aromatic rings. The average molecular weight is 317 g/mol. The highest BCUT2D eigenvalue weighted by atomic mass is 32.2. The predicted molar refractivity (Wildman–Crippen MR) is 86.6 cm³/mol. The Hall–Kier alpha value is -0.170. The van der Waals surface area contributed by atoms with Crippen LogP contribution in [-0.2, 0) is 10.0 Å². The minimum Gasteiger partial charge on any atom is -0.328 e. The summed E-state index contributed by atoms with van der Waals surface area (Å²) in [5.41, 5.74) is 6.00. The molecule has 1 aliphatic heterocycles. The van der Waals surface area contributed by atoms with Crippen LogP contribution in [-0.4, -0.2) is 62.1 Å². The molecule has 6 heteroatoms. The third-order valence-electron chi connectivity index (χ3n) is 5.11. The Morgan fingerprint density at radius 3 is 2.43 bits per heavy atom. The van der Waals surface area contributed by atoms with E-state index in [1.165, 1.54) is 19.1 Å². The van der Waals surface area contributed by atoms with Crippen LogP contribution in [0.15, 0.2) is 0 Å². The lowest BCUT2D eigenvalue weighted by Crippen LogP contribution is -2.47. The Bertz CT molecular complexity index is 419. The molecule has 0 spiro atoms. The van der Waals surface area contributed by atoms with Crippen molar-refractivity contribution in [1.82, 2.24) is 9.21 Å². The van der Waals surface area contributed by atoms with E-state index in [9.17, 15) is 8.42 Å². The third-order valence-corrected chi connectivity index (χ3v) is 6.38. The summed E-state index contributed by atoms with van der Waals surface area (Å²) in [4.78, 5) is 2.56. The molecule has 1 unspecified atom stereocenters. The maximum absolute atomic E-state index is 11.7. The fraction of sp³-hybridized carbons (Fsp3) is 1.00. The highest BCUT2D eigenvalue weighted by Crippen LogP contribution is 2.25. The van der Waals surface area contributed by atoms with Crippen LogP contribution in [0.3, 0.4) is 0 Å². The molecule has 1 saturated carbocycles. The van der Waals surface area contributed by atoms with Crippen molar-refractivity contribution < 1.29 is 8.42 Å². The second-order valence-corrected chi connectivity index (χ2v) is 8.77. The molecule has 5 nitrogen and oxygen atoms in total. The van der Waals surface area contributed by atoms with Crippen LogP contribution in [0.1, 0.15) is 45.4 Å². The molecule has 124 valence electrons. The van der Waals surface area contributed by atoms with Gasteiger partial charge in [-0.15, -0.1) is 0 Å². The molecule has 1 aliphatic carbocycles. The fourth-order valence-corrected chi connectivity index (χ4v) is 4.75. The van der Waals surface area contributed by atoms with E-state index < -0.39 is 10.0 Å². The number of nitrogens with two attached hydrogens (primary N) is 1. The van der Waals surface area contributed by atoms with Crippen LogP contribution in [0.25, 0.3) is 0 Å². The van der Waals surface area contributed by atoms with E-state index in [1.54, 1.807) is 4.31 Å². The van der Waals surface area contributed by atoms with E-state index in [1.807, 2.05) is 0 Å². The molecule has 1 saturated heterocycles. The van der Waals surface area contributed by atoms with Crippen LogP contribution in [0.4, 0.5) is 0 Å². The Morgan fingerprint density at radius 2 is 1.86 bits per heavy atom. The lowest BCUT2D eigenvalue weighted by Gasteiger charge is -2.39. The molecule has 0 radical (unpaired) electrons. The van der Waals surface area contributed by atoms with E-state index in [4.69, 9.17) is 5.73 Å². The van der Waals surface area contributed by atoms with Crippen molar-refractivity contribution in [1.29, 1.82) is 0 Å². The molecule has 21 heavy (non-hydrogen) atoms. The molecule has 2 aliphatic rings. The molecule has 0 amide bonds. The van der Waals surface area contributed by atoms with Crippen molar-refractivity contribution in [2.45, 2.75) is 57.5 Å². The van der Waals surface area contributed by atoms with Crippen molar-refractivity contribution in [3.05, 3.63) is 0 Å². The van der Waals surface area contributed by atoms with Crippen molar-refractivity contribution in [3.63, 3.8) is 0 Å². The summed E-state index contributed by atoms with van der Waals surface area (Å²) in [5.74, 6) is 0.476. The maximum Gasteiger partial charge on any atom is 0.211 e. The zero-order valence-electron chi connectivity index (χ0n) is 13.5. The SMILES string of the molecule is CCN(CC1CCCN(S(C)(=O)=O)C1)C1CCC(N)CC1. The van der Waals surface area contributed by atoms with E-state index in [-0.39, 0.29) is 0 Å². The Balaban J connectivity index is 1.89. The zero-order chi connectivity index (χ0) is 15.5. The normalized spacial score (nSPS) is 32.5. The predicted octanol–water partition coefficient (Wildman–Crippen LogP) is 1.25. The first-order chi connectivity index (χ1) is 9.90. The zero-order valence-corrected chi connectivity index (χ0v) is 14.3. The topological polar surface area (TPSA) is 66.6 Å². The molecular formula is C15H31N3O2S. The molecule has 1 atom stereocenters. The second kappa shape index (κ2) is 7.40. The van der Waals surface area contributed by atoms with Crippen molar-refractivity contribution >= 4 is 10.0 Å². The van der Waals surface area contributed by atoms with Gasteiger partial charge in [-0.3, -0.25) is 0 Å². The highest BCUT2D eigenvalue weighted by molar-refractivity contribution is 7.88. The van der Waals surface area contributed by atoms with Crippen LogP contribution in [0.2, 0.25) is 0 Å². The van der Waals surface area contributed by atoms with E-state index in [0.29, 0.717) is 31.1 Å². The molecular weight excluding hydrogens is 286 g/mol. The van der Waals surface area contributed by atoms with Gasteiger partial charge >= 0.3 is 0 Å². The monoisotopic (exact) mass is 317 g/mol. The van der Waals surface area contributed by atoms with Gasteiger partial charge in [0.15, 0.2) is 0 Å². The lowest BCUT2D eigenvalue weighted by atomic mass is 9.89. The van der Waals surface area contributed by atoms with Crippen molar-refractivity contribution in [2.75, 3.05) is 32.4 Å². The van der Waals surface area contributed by atoms with Gasteiger partial charge in [0, 0.05) is 31.7 Å². The average Bonchev–Trinajstić information content (AvgIpc) is 2.45. The van der Waals surface area contributed by atoms with Gasteiger partial charge in [0.05, 0.1) is 6.26 Å². The first-order valence-corrected chi connectivity index (χ1v) is 10.2. The van der Waals surface area contributed by atoms with E-state index >= 15 is 0 Å². The van der Waals surface area contributed by atoms with Crippen LogP contribution >= 0.6 is 0 Å². The number of hydrogen-bond acceptors (Lipinski definition) is 4. The summed E-state index contributed by atoms with van der Waals surface area (Å²) < 4.78 is 25.1. The summed E-state index contributed by atoms with van der Waals surface area (Å²) in [6, 6.07) is 1.03. The minimum atomic E-state index is -3.04. The standard InChI is InChI=1S/C15H31N3O2S/c1-3-17(15-8-6-14(16)7-9-15)11-13-5-4-10-18(12-13)21(2,19)20/h13-15H,3-12,16H2,1-2H3. The van der Waals surface area contributed by atoms with Crippen LogP contribution in [0.5, 0.6) is 0 Å². The van der Waals surface area contributed by atoms with Gasteiger partial charge in [-0.2, -0.15) is 0 Å². The van der Waals surface area contributed by atoms with Gasteiger partial charge < -0.3 is 10.6 Å². The molecule has 0 aromatic heterocycles. The third kappa shape index (κ3) is 4.91. The Kier molecular flexibility index (Phi) is 6.05. The van der Waals surface area contributed by atoms with Gasteiger partial charge in [-0.25, -0.2) is 12.7 Å². The van der Waals surface area contributed by atoms with Gasteiger partial charge in [-0.1, -0.05) is 6.92 Å². The second-order valence-electron chi connectivity index (χ2n) is 6.79.